The summed E-state index contributed by atoms with van der Waals surface area (Å²) in [6.07, 6.45) is -0.469. The molecule has 0 saturated carbocycles. The van der Waals surface area contributed by atoms with Gasteiger partial charge >= 0.3 is 6.18 Å². The molecule has 2 aliphatic rings. The zero-order chi connectivity index (χ0) is 31.2. The van der Waals surface area contributed by atoms with Crippen LogP contribution in [-0.4, -0.2) is 68.7 Å². The molecule has 15 heteroatoms. The van der Waals surface area contributed by atoms with E-state index in [9.17, 15) is 32.4 Å². The van der Waals surface area contributed by atoms with Gasteiger partial charge in [0.15, 0.2) is 6.19 Å². The lowest BCUT2D eigenvalue weighted by Gasteiger charge is -2.34. The van der Waals surface area contributed by atoms with Crippen molar-refractivity contribution in [2.75, 3.05) is 19.6 Å². The minimum Gasteiger partial charge on any atom is -0.342 e. The van der Waals surface area contributed by atoms with Crippen LogP contribution in [0.3, 0.4) is 0 Å². The van der Waals surface area contributed by atoms with Crippen molar-refractivity contribution in [1.29, 1.82) is 5.26 Å². The fourth-order valence-corrected chi connectivity index (χ4v) is 6.36. The first kappa shape index (κ1) is 29.4. The Kier molecular flexibility index (Phi) is 7.66. The third-order valence-electron chi connectivity index (χ3n) is 8.16. The van der Waals surface area contributed by atoms with E-state index >= 15 is 0 Å². The molecule has 0 radical (unpaired) electrons. The highest BCUT2D eigenvalue weighted by Gasteiger charge is 2.39. The first-order valence-corrected chi connectivity index (χ1v) is 14.2. The maximum atomic E-state index is 14.1. The largest absolute Gasteiger partial charge is 0.406 e. The fourth-order valence-electron chi connectivity index (χ4n) is 6.09. The summed E-state index contributed by atoms with van der Waals surface area (Å²) in [4.78, 5) is 35.9. The number of likely N-dealkylation sites (tertiary alicyclic amines) is 1. The summed E-state index contributed by atoms with van der Waals surface area (Å²) in [6, 6.07) is 6.55. The van der Waals surface area contributed by atoms with Crippen LogP contribution in [0.15, 0.2) is 46.3 Å². The van der Waals surface area contributed by atoms with Gasteiger partial charge in [-0.15, -0.1) is 0 Å². The number of nitrogens with one attached hydrogen (secondary N) is 3. The van der Waals surface area contributed by atoms with Gasteiger partial charge in [-0.3, -0.25) is 20.0 Å². The van der Waals surface area contributed by atoms with E-state index in [1.807, 2.05) is 6.19 Å². The molecule has 2 aromatic carbocycles. The number of aromatic amines is 2. The Morgan fingerprint density at radius 3 is 2.70 bits per heavy atom. The van der Waals surface area contributed by atoms with E-state index in [2.05, 4.69) is 25.5 Å². The number of aliphatic imine (C=N–C) groups is 1. The lowest BCUT2D eigenvalue weighted by Crippen LogP contribution is -2.47. The Bertz CT molecular complexity index is 1890. The molecule has 0 spiro atoms. The lowest BCUT2D eigenvalue weighted by molar-refractivity contribution is -0.162. The van der Waals surface area contributed by atoms with Crippen LogP contribution in [0.2, 0.25) is 5.02 Å². The maximum Gasteiger partial charge on any atom is 0.406 e. The van der Waals surface area contributed by atoms with E-state index < -0.39 is 30.5 Å². The summed E-state index contributed by atoms with van der Waals surface area (Å²) < 4.78 is 54.9. The molecule has 4 heterocycles. The van der Waals surface area contributed by atoms with Crippen LogP contribution in [0.25, 0.3) is 21.8 Å². The van der Waals surface area contributed by atoms with Crippen molar-refractivity contribution < 1.29 is 22.4 Å². The van der Waals surface area contributed by atoms with E-state index in [4.69, 9.17) is 11.6 Å². The van der Waals surface area contributed by atoms with Gasteiger partial charge in [-0.05, 0) is 48.1 Å². The quantitative estimate of drug-likeness (QED) is 0.102. The third kappa shape index (κ3) is 5.67. The Balaban J connectivity index is 1.29. The molecule has 0 aliphatic carbocycles. The first-order valence-electron chi connectivity index (χ1n) is 13.8. The average molecular weight is 629 g/mol. The van der Waals surface area contributed by atoms with Crippen LogP contribution in [0.5, 0.6) is 0 Å². The van der Waals surface area contributed by atoms with Gasteiger partial charge in [0.05, 0.1) is 22.3 Å². The maximum absolute atomic E-state index is 14.1. The number of nitriles is 1. The molecule has 3 N–H and O–H groups in total. The van der Waals surface area contributed by atoms with Crippen LogP contribution in [0.4, 0.5) is 17.6 Å². The summed E-state index contributed by atoms with van der Waals surface area (Å²) in [5.74, 6) is -1.48. The number of para-hydroxylation sites is 1. The van der Waals surface area contributed by atoms with Gasteiger partial charge in [0, 0.05) is 42.4 Å². The van der Waals surface area contributed by atoms with Crippen LogP contribution in [0, 0.1) is 17.3 Å². The predicted molar refractivity (Wildman–Crippen MR) is 154 cm³/mol. The molecule has 1 unspecified atom stereocenters. The van der Waals surface area contributed by atoms with Crippen LogP contribution < -0.4 is 10.9 Å². The molecule has 1 atom stereocenters. The van der Waals surface area contributed by atoms with Gasteiger partial charge in [-0.25, -0.2) is 9.38 Å². The Labute approximate surface area is 252 Å². The van der Waals surface area contributed by atoms with Gasteiger partial charge < -0.3 is 14.8 Å². The number of hydrogen-bond acceptors (Lipinski definition) is 5. The van der Waals surface area contributed by atoms with Gasteiger partial charge in [0.25, 0.3) is 5.56 Å². The summed E-state index contributed by atoms with van der Waals surface area (Å²) >= 11 is 6.42. The first-order chi connectivity index (χ1) is 21.0. The molecule has 2 aliphatic heterocycles. The highest BCUT2D eigenvalue weighted by atomic mass is 35.5. The lowest BCUT2D eigenvalue weighted by atomic mass is 9.89. The number of guanidine groups is 1. The Morgan fingerprint density at radius 1 is 1.20 bits per heavy atom. The van der Waals surface area contributed by atoms with Crippen molar-refractivity contribution in [2.45, 2.75) is 43.9 Å². The molecule has 1 fully saturated rings. The number of aromatic nitrogens is 3. The standard InChI is InChI=1S/C29H25ClF4N8O2/c30-21-9-17-10-23(27(44)42(13-29(32,33)34)12-20(17)19-11-37-40-25(19)21)38-28(36-14-35)41-6-4-15(5-7-41)18-8-16-2-1-3-22(31)24(16)39-26(18)43/h1-3,8-9,11,15,23H,4-7,10,12-13H2,(H,36,38)(H,37,40)(H,39,43). The number of pyridine rings is 1. The van der Waals surface area contributed by atoms with E-state index in [1.165, 1.54) is 12.3 Å². The molecule has 10 nitrogen and oxygen atoms in total. The number of benzene rings is 2. The Morgan fingerprint density at radius 2 is 1.98 bits per heavy atom. The van der Waals surface area contributed by atoms with Crippen LogP contribution >= 0.6 is 11.6 Å². The zero-order valence-corrected chi connectivity index (χ0v) is 23.8. The van der Waals surface area contributed by atoms with Crippen molar-refractivity contribution in [3.8, 4) is 6.19 Å². The van der Waals surface area contributed by atoms with Crippen molar-refractivity contribution in [3.05, 3.63) is 74.4 Å². The second-order valence-electron chi connectivity index (χ2n) is 10.9. The number of rotatable bonds is 3. The van der Waals surface area contributed by atoms with E-state index in [1.54, 1.807) is 29.2 Å². The van der Waals surface area contributed by atoms with Gasteiger partial charge in [0.1, 0.15) is 18.4 Å². The van der Waals surface area contributed by atoms with Gasteiger partial charge in [-0.1, -0.05) is 23.7 Å². The molecular weight excluding hydrogens is 604 g/mol. The summed E-state index contributed by atoms with van der Waals surface area (Å²) in [5.41, 5.74) is 1.76. The minimum absolute atomic E-state index is 0.0422. The molecule has 6 rings (SSSR count). The second-order valence-corrected chi connectivity index (χ2v) is 11.3. The van der Waals surface area contributed by atoms with E-state index in [-0.39, 0.29) is 35.9 Å². The highest BCUT2D eigenvalue weighted by Crippen LogP contribution is 2.34. The minimum atomic E-state index is -4.65. The monoisotopic (exact) mass is 628 g/mol. The number of halogens is 5. The van der Waals surface area contributed by atoms with Crippen molar-refractivity contribution in [1.82, 2.24) is 30.3 Å². The van der Waals surface area contributed by atoms with E-state index in [0.29, 0.717) is 68.8 Å². The number of fused-ring (bicyclic) bond motifs is 4. The number of alkyl halides is 3. The summed E-state index contributed by atoms with van der Waals surface area (Å²) in [6.45, 7) is -1.12. The molecule has 2 aromatic heterocycles. The smallest absolute Gasteiger partial charge is 0.342 e. The fraction of sp³-hybridized carbons (Fsp3) is 0.345. The van der Waals surface area contributed by atoms with E-state index in [0.717, 1.165) is 0 Å². The average Bonchev–Trinajstić information content (AvgIpc) is 3.44. The van der Waals surface area contributed by atoms with Crippen LogP contribution in [-0.2, 0) is 17.8 Å². The van der Waals surface area contributed by atoms with Gasteiger partial charge in [0.2, 0.25) is 11.9 Å². The number of amides is 1. The molecular formula is C29H25ClF4N8O2. The molecule has 4 aromatic rings. The number of carbonyl (C=O) groups excluding carboxylic acids is 1. The number of H-pyrrole nitrogens is 2. The van der Waals surface area contributed by atoms with Crippen molar-refractivity contribution in [3.63, 3.8) is 0 Å². The zero-order valence-electron chi connectivity index (χ0n) is 23.0. The molecule has 228 valence electrons. The number of piperidine rings is 1. The van der Waals surface area contributed by atoms with Crippen LogP contribution in [0.1, 0.15) is 35.4 Å². The number of carbonyl (C=O) groups is 1. The SMILES string of the molecule is N#CNC(=NC1Cc2cc(Cl)c3[nH]ncc3c2CN(CC(F)(F)F)C1=O)N1CCC(c2cc3cccc(F)c3[nH]c2=O)CC1. The number of hydrogen-bond donors (Lipinski definition) is 3. The molecule has 1 saturated heterocycles. The highest BCUT2D eigenvalue weighted by molar-refractivity contribution is 6.35. The predicted octanol–water partition coefficient (Wildman–Crippen LogP) is 4.32. The molecule has 0 bridgehead atoms. The van der Waals surface area contributed by atoms with Crippen molar-refractivity contribution in [2.24, 2.45) is 4.99 Å². The molecule has 1 amide bonds. The summed E-state index contributed by atoms with van der Waals surface area (Å²) in [7, 11) is 0. The second kappa shape index (κ2) is 11.5. The third-order valence-corrected chi connectivity index (χ3v) is 8.46. The topological polar surface area (TPSA) is 133 Å². The molecule has 44 heavy (non-hydrogen) atoms. The number of nitrogens with zero attached hydrogens (tertiary/aromatic N) is 5. The Hall–Kier alpha value is -4.64. The summed E-state index contributed by atoms with van der Waals surface area (Å²) in [5, 5.41) is 20.1. The van der Waals surface area contributed by atoms with Crippen molar-refractivity contribution >= 4 is 45.3 Å². The normalized spacial score (nSPS) is 18.4. The van der Waals surface area contributed by atoms with Gasteiger partial charge in [-0.2, -0.15) is 23.5 Å².